The number of carbonyl (C=O) groups excluding carboxylic acids is 1. The van der Waals surface area contributed by atoms with E-state index in [0.717, 1.165) is 16.7 Å². The monoisotopic (exact) mass is 615 g/mol. The second-order valence-corrected chi connectivity index (χ2v) is 10.9. The Labute approximate surface area is 258 Å². The highest BCUT2D eigenvalue weighted by Crippen LogP contribution is 2.33. The molecule has 0 aliphatic carbocycles. The largest absolute Gasteiger partial charge is 0.618 e. The van der Waals surface area contributed by atoms with E-state index in [2.05, 4.69) is 15.4 Å². The highest BCUT2D eigenvalue weighted by molar-refractivity contribution is 7.16. The molecule has 44 heavy (non-hydrogen) atoms. The lowest BCUT2D eigenvalue weighted by atomic mass is 10.2. The van der Waals surface area contributed by atoms with E-state index < -0.39 is 12.2 Å². The van der Waals surface area contributed by atoms with Gasteiger partial charge < -0.3 is 24.5 Å². The van der Waals surface area contributed by atoms with Gasteiger partial charge >= 0.3 is 5.97 Å². The number of aromatic nitrogens is 4. The molecule has 1 unspecified atom stereocenters. The number of benzene rings is 2. The maximum Gasteiger partial charge on any atom is 0.349 e. The van der Waals surface area contributed by atoms with Crippen LogP contribution >= 0.6 is 11.3 Å². The van der Waals surface area contributed by atoms with E-state index in [0.29, 0.717) is 45.6 Å². The smallest absolute Gasteiger partial charge is 0.349 e. The molecule has 0 bridgehead atoms. The summed E-state index contributed by atoms with van der Waals surface area (Å²) in [7, 11) is 1.33. The fourth-order valence-corrected chi connectivity index (χ4v) is 5.25. The number of nitrogens with zero attached hydrogens (tertiary/aromatic N) is 4. The number of aliphatic hydroxyl groups is 1. The number of carbonyl (C=O) groups is 1. The molecular weight excluding hydrogens is 582 g/mol. The number of methoxy groups -OCH3 is 1. The fraction of sp³-hybridized carbons (Fsp3) is 0.250. The first-order valence-electron chi connectivity index (χ1n) is 14.0. The summed E-state index contributed by atoms with van der Waals surface area (Å²) in [6.45, 7) is 3.14. The number of thiazole rings is 1. The summed E-state index contributed by atoms with van der Waals surface area (Å²) in [5, 5.41) is 32.3. The molecule has 0 saturated heterocycles. The lowest BCUT2D eigenvalue weighted by Gasteiger charge is -2.19. The Bertz CT molecular complexity index is 1680. The summed E-state index contributed by atoms with van der Waals surface area (Å²) < 4.78 is 19.4. The second kappa shape index (κ2) is 14.6. The number of pyridine rings is 1. The quantitative estimate of drug-likeness (QED) is 0.0606. The summed E-state index contributed by atoms with van der Waals surface area (Å²) in [6, 6.07) is 20.9. The molecule has 2 N–H and O–H groups in total. The van der Waals surface area contributed by atoms with E-state index in [1.807, 2.05) is 66.9 Å². The van der Waals surface area contributed by atoms with Crippen molar-refractivity contribution < 1.29 is 28.8 Å². The van der Waals surface area contributed by atoms with Gasteiger partial charge in [0.15, 0.2) is 12.0 Å². The molecule has 0 aliphatic heterocycles. The molecule has 12 heteroatoms. The second-order valence-electron chi connectivity index (χ2n) is 9.91. The van der Waals surface area contributed by atoms with Gasteiger partial charge in [-0.1, -0.05) is 60.7 Å². The first-order chi connectivity index (χ1) is 21.4. The third-order valence-electron chi connectivity index (χ3n) is 6.79. The van der Waals surface area contributed by atoms with Gasteiger partial charge in [0.05, 0.1) is 25.6 Å². The van der Waals surface area contributed by atoms with Crippen LogP contribution in [0.25, 0.3) is 10.6 Å². The molecule has 0 aliphatic rings. The van der Waals surface area contributed by atoms with Crippen LogP contribution in [-0.4, -0.2) is 39.5 Å². The van der Waals surface area contributed by atoms with Crippen molar-refractivity contribution in [2.24, 2.45) is 0 Å². The molecule has 0 radical (unpaired) electrons. The van der Waals surface area contributed by atoms with E-state index in [1.165, 1.54) is 30.7 Å². The molecule has 0 amide bonds. The van der Waals surface area contributed by atoms with Crippen molar-refractivity contribution in [2.75, 3.05) is 13.7 Å². The lowest BCUT2D eigenvalue weighted by molar-refractivity contribution is -0.626. The number of ether oxygens (including phenoxy) is 3. The number of nitrogens with one attached hydrogen (secondary N) is 1. The Morgan fingerprint density at radius 2 is 1.75 bits per heavy atom. The highest BCUT2D eigenvalue weighted by atomic mass is 32.1. The molecule has 5 aromatic rings. The Morgan fingerprint density at radius 1 is 1.07 bits per heavy atom. The van der Waals surface area contributed by atoms with Crippen molar-refractivity contribution in [3.05, 3.63) is 118 Å². The molecule has 3 aromatic heterocycles. The molecule has 5 rings (SSSR count). The van der Waals surface area contributed by atoms with Crippen molar-refractivity contribution >= 4 is 17.3 Å². The van der Waals surface area contributed by atoms with Gasteiger partial charge in [-0.15, -0.1) is 11.3 Å². The highest BCUT2D eigenvalue weighted by Gasteiger charge is 2.26. The average Bonchev–Trinajstić information content (AvgIpc) is 3.74. The number of aryl methyl sites for hydroxylation is 1. The summed E-state index contributed by atoms with van der Waals surface area (Å²) >= 11 is 1.23. The molecule has 0 spiro atoms. The predicted octanol–water partition coefficient (Wildman–Crippen LogP) is 4.56. The summed E-state index contributed by atoms with van der Waals surface area (Å²) in [5.74, 6) is 0.264. The van der Waals surface area contributed by atoms with Crippen LogP contribution in [0.15, 0.2) is 85.3 Å². The van der Waals surface area contributed by atoms with Crippen molar-refractivity contribution in [2.45, 2.75) is 39.3 Å². The zero-order chi connectivity index (χ0) is 30.9. The minimum Gasteiger partial charge on any atom is -0.618 e. The Kier molecular flexibility index (Phi) is 10.2. The lowest BCUT2D eigenvalue weighted by Crippen LogP contribution is -2.41. The fourth-order valence-electron chi connectivity index (χ4n) is 4.44. The molecule has 0 fully saturated rings. The van der Waals surface area contributed by atoms with E-state index in [9.17, 15) is 15.1 Å². The standard InChI is InChI=1S/C32H33N5O6S/c1-22-29(43-21-24-12-7-4-8-13-24)27(42-20-23-10-5-3-6-11-23)16-26(37(22)40)30(38)33-14-9-15-36-19-25(17-35-36)31-34-18-28(44-31)32(39)41-2/h3-8,10-13,16-19,30,33,38H,9,14-15,20-21H2,1-2H3. The van der Waals surface area contributed by atoms with Gasteiger partial charge in [0.2, 0.25) is 17.1 Å². The third-order valence-corrected chi connectivity index (χ3v) is 7.81. The Balaban J connectivity index is 1.23. The summed E-state index contributed by atoms with van der Waals surface area (Å²) in [6.07, 6.45) is 4.39. The zero-order valence-corrected chi connectivity index (χ0v) is 25.2. The average molecular weight is 616 g/mol. The maximum absolute atomic E-state index is 13.3. The van der Waals surface area contributed by atoms with Crippen LogP contribution in [0.5, 0.6) is 11.5 Å². The topological polar surface area (TPSA) is 135 Å². The first kappa shape index (κ1) is 30.7. The van der Waals surface area contributed by atoms with Gasteiger partial charge in [-0.3, -0.25) is 10.00 Å². The van der Waals surface area contributed by atoms with Crippen LogP contribution in [0.2, 0.25) is 0 Å². The van der Waals surface area contributed by atoms with Crippen molar-refractivity contribution in [3.8, 4) is 22.1 Å². The summed E-state index contributed by atoms with van der Waals surface area (Å²) in [4.78, 5) is 16.4. The van der Waals surface area contributed by atoms with Gasteiger partial charge in [-0.25, -0.2) is 9.78 Å². The molecule has 0 saturated carbocycles. The number of hydrogen-bond acceptors (Lipinski definition) is 10. The number of hydrogen-bond donors (Lipinski definition) is 2. The third kappa shape index (κ3) is 7.59. The van der Waals surface area contributed by atoms with Gasteiger partial charge in [-0.05, 0) is 24.1 Å². The molecule has 3 heterocycles. The van der Waals surface area contributed by atoms with Crippen LogP contribution in [-0.2, 0) is 24.5 Å². The molecule has 1 atom stereocenters. The van der Waals surface area contributed by atoms with Gasteiger partial charge in [0.1, 0.15) is 23.1 Å². The minimum absolute atomic E-state index is 0.101. The van der Waals surface area contributed by atoms with Crippen LogP contribution in [0.1, 0.15) is 44.8 Å². The molecule has 228 valence electrons. The van der Waals surface area contributed by atoms with Crippen LogP contribution in [0.4, 0.5) is 0 Å². The summed E-state index contributed by atoms with van der Waals surface area (Å²) in [5.41, 5.74) is 3.08. The van der Waals surface area contributed by atoms with Gasteiger partial charge in [0, 0.05) is 25.2 Å². The Morgan fingerprint density at radius 3 is 2.43 bits per heavy atom. The van der Waals surface area contributed by atoms with Crippen molar-refractivity contribution in [1.29, 1.82) is 0 Å². The van der Waals surface area contributed by atoms with E-state index in [-0.39, 0.29) is 24.6 Å². The van der Waals surface area contributed by atoms with Gasteiger partial charge in [0.25, 0.3) is 0 Å². The van der Waals surface area contributed by atoms with Gasteiger partial charge in [-0.2, -0.15) is 9.83 Å². The van der Waals surface area contributed by atoms with Crippen molar-refractivity contribution in [3.63, 3.8) is 0 Å². The molecule has 11 nitrogen and oxygen atoms in total. The van der Waals surface area contributed by atoms with Crippen molar-refractivity contribution in [1.82, 2.24) is 20.1 Å². The minimum atomic E-state index is -1.24. The number of esters is 1. The molecule has 2 aromatic carbocycles. The molecular formula is C32H33N5O6S. The number of rotatable bonds is 14. The SMILES string of the molecule is COC(=O)c1cnc(-c2cnn(CCCNC(O)c3cc(OCc4ccccc4)c(OCc4ccccc4)c(C)[n+]3[O-])c2)s1. The maximum atomic E-state index is 13.3. The van der Waals surface area contributed by atoms with Crippen LogP contribution < -0.4 is 19.5 Å². The van der Waals surface area contributed by atoms with Crippen LogP contribution in [0, 0.1) is 12.1 Å². The first-order valence-corrected chi connectivity index (χ1v) is 14.8. The normalized spacial score (nSPS) is 11.7. The zero-order valence-electron chi connectivity index (χ0n) is 24.4. The Hall–Kier alpha value is -4.78. The van der Waals surface area contributed by atoms with Crippen LogP contribution in [0.3, 0.4) is 0 Å². The van der Waals surface area contributed by atoms with E-state index >= 15 is 0 Å². The van der Waals surface area contributed by atoms with E-state index in [4.69, 9.17) is 14.2 Å². The number of aliphatic hydroxyl groups excluding tert-OH is 1. The van der Waals surface area contributed by atoms with E-state index in [1.54, 1.807) is 17.8 Å². The predicted molar refractivity (Wildman–Crippen MR) is 164 cm³/mol.